The lowest BCUT2D eigenvalue weighted by molar-refractivity contribution is 0.653. The first-order chi connectivity index (χ1) is 8.83. The quantitative estimate of drug-likeness (QED) is 0.872. The van der Waals surface area contributed by atoms with Gasteiger partial charge in [0.25, 0.3) is 0 Å². The second-order valence-electron chi connectivity index (χ2n) is 5.06. The molecule has 0 radical (unpaired) electrons. The highest BCUT2D eigenvalue weighted by atomic mass is 15.3. The van der Waals surface area contributed by atoms with Crippen LogP contribution in [-0.4, -0.2) is 9.78 Å². The minimum Gasteiger partial charge on any atom is -0.307 e. The number of hydrogen-bond acceptors (Lipinski definition) is 2. The molecule has 1 heterocycles. The molecule has 3 rings (SSSR count). The summed E-state index contributed by atoms with van der Waals surface area (Å²) in [6.07, 6.45) is 4.70. The largest absolute Gasteiger partial charge is 0.307 e. The molecule has 0 aliphatic heterocycles. The first-order valence-corrected chi connectivity index (χ1v) is 6.60. The summed E-state index contributed by atoms with van der Waals surface area (Å²) in [5, 5.41) is 7.84. The van der Waals surface area contributed by atoms with Crippen molar-refractivity contribution in [2.75, 3.05) is 0 Å². The van der Waals surface area contributed by atoms with Crippen molar-refractivity contribution in [3.05, 3.63) is 53.3 Å². The molecule has 1 saturated carbocycles. The molecule has 0 unspecified atom stereocenters. The second-order valence-corrected chi connectivity index (χ2v) is 5.06. The zero-order valence-electron chi connectivity index (χ0n) is 10.8. The van der Waals surface area contributed by atoms with E-state index in [9.17, 15) is 0 Å². The lowest BCUT2D eigenvalue weighted by atomic mass is 10.0. The zero-order valence-corrected chi connectivity index (χ0v) is 10.8. The van der Waals surface area contributed by atoms with Crippen molar-refractivity contribution in [1.29, 1.82) is 0 Å². The fourth-order valence-electron chi connectivity index (χ4n) is 2.37. The Kier molecular flexibility index (Phi) is 3.15. The summed E-state index contributed by atoms with van der Waals surface area (Å²) >= 11 is 0. The lowest BCUT2D eigenvalue weighted by Gasteiger charge is -2.09. The molecule has 1 aromatic heterocycles. The molecule has 3 nitrogen and oxygen atoms in total. The van der Waals surface area contributed by atoms with Crippen LogP contribution in [0.3, 0.4) is 0 Å². The molecule has 0 amide bonds. The van der Waals surface area contributed by atoms with Crippen LogP contribution in [0.1, 0.15) is 35.6 Å². The maximum atomic E-state index is 4.37. The van der Waals surface area contributed by atoms with Crippen LogP contribution in [0.15, 0.2) is 36.5 Å². The van der Waals surface area contributed by atoms with Gasteiger partial charge in [-0.3, -0.25) is 4.68 Å². The Balaban J connectivity index is 1.59. The minimum atomic E-state index is 0.817. The fraction of sp³-hybridized carbons (Fsp3) is 0.400. The van der Waals surface area contributed by atoms with E-state index in [0.29, 0.717) is 0 Å². The van der Waals surface area contributed by atoms with Crippen molar-refractivity contribution in [2.45, 2.75) is 31.8 Å². The summed E-state index contributed by atoms with van der Waals surface area (Å²) in [5.41, 5.74) is 4.07. The second kappa shape index (κ2) is 4.94. The first kappa shape index (κ1) is 11.5. The number of benzene rings is 1. The summed E-state index contributed by atoms with van der Waals surface area (Å²) in [6, 6.07) is 10.8. The molecule has 1 N–H and O–H groups in total. The minimum absolute atomic E-state index is 0.817. The average Bonchev–Trinajstić information content (AvgIpc) is 3.14. The van der Waals surface area contributed by atoms with Gasteiger partial charge in [0, 0.05) is 26.3 Å². The molecule has 3 heteroatoms. The van der Waals surface area contributed by atoms with Gasteiger partial charge in [0.1, 0.15) is 0 Å². The SMILES string of the molecule is Cn1ccc(CNCc2ccccc2C2CC2)n1. The maximum Gasteiger partial charge on any atom is 0.0762 e. The molecule has 1 fully saturated rings. The third kappa shape index (κ3) is 2.62. The molecule has 18 heavy (non-hydrogen) atoms. The Bertz CT molecular complexity index is 526. The van der Waals surface area contributed by atoms with Gasteiger partial charge in [0.2, 0.25) is 0 Å². The van der Waals surface area contributed by atoms with Crippen molar-refractivity contribution in [1.82, 2.24) is 15.1 Å². The monoisotopic (exact) mass is 241 g/mol. The highest BCUT2D eigenvalue weighted by Gasteiger charge is 2.25. The molecule has 2 aromatic rings. The maximum absolute atomic E-state index is 4.37. The van der Waals surface area contributed by atoms with E-state index in [1.54, 1.807) is 0 Å². The van der Waals surface area contributed by atoms with Gasteiger partial charge in [-0.15, -0.1) is 0 Å². The summed E-state index contributed by atoms with van der Waals surface area (Å²) in [5.74, 6) is 0.817. The number of nitrogens with zero attached hydrogens (tertiary/aromatic N) is 2. The van der Waals surface area contributed by atoms with E-state index in [4.69, 9.17) is 0 Å². The normalized spacial score (nSPS) is 14.9. The number of hydrogen-bond donors (Lipinski definition) is 1. The Morgan fingerprint density at radius 3 is 2.78 bits per heavy atom. The third-order valence-corrected chi connectivity index (χ3v) is 3.46. The number of aromatic nitrogens is 2. The zero-order chi connectivity index (χ0) is 12.4. The molecule has 0 saturated heterocycles. The van der Waals surface area contributed by atoms with Crippen molar-refractivity contribution in [2.24, 2.45) is 7.05 Å². The van der Waals surface area contributed by atoms with E-state index in [-0.39, 0.29) is 0 Å². The van der Waals surface area contributed by atoms with Gasteiger partial charge in [0.15, 0.2) is 0 Å². The van der Waals surface area contributed by atoms with Gasteiger partial charge in [-0.2, -0.15) is 5.10 Å². The number of aryl methyl sites for hydroxylation is 1. The van der Waals surface area contributed by atoms with Crippen molar-refractivity contribution in [3.63, 3.8) is 0 Å². The summed E-state index contributed by atoms with van der Waals surface area (Å²) in [6.45, 7) is 1.77. The van der Waals surface area contributed by atoms with Gasteiger partial charge in [0.05, 0.1) is 5.69 Å². The van der Waals surface area contributed by atoms with Gasteiger partial charge in [-0.25, -0.2) is 0 Å². The molecule has 1 aliphatic carbocycles. The fourth-order valence-corrected chi connectivity index (χ4v) is 2.37. The summed E-state index contributed by atoms with van der Waals surface area (Å²) in [4.78, 5) is 0. The summed E-state index contributed by atoms with van der Waals surface area (Å²) in [7, 11) is 1.95. The standard InChI is InChI=1S/C15H19N3/c1-18-9-8-14(17-18)11-16-10-13-4-2-3-5-15(13)12-6-7-12/h2-5,8-9,12,16H,6-7,10-11H2,1H3. The van der Waals surface area contributed by atoms with E-state index in [2.05, 4.69) is 40.7 Å². The highest BCUT2D eigenvalue weighted by molar-refractivity contribution is 5.33. The van der Waals surface area contributed by atoms with Crippen LogP contribution in [0.25, 0.3) is 0 Å². The predicted octanol–water partition coefficient (Wildman–Crippen LogP) is 2.59. The van der Waals surface area contributed by atoms with Crippen LogP contribution in [0.2, 0.25) is 0 Å². The van der Waals surface area contributed by atoms with Crippen LogP contribution < -0.4 is 5.32 Å². The molecule has 0 atom stereocenters. The van der Waals surface area contributed by atoms with Crippen LogP contribution in [0, 0.1) is 0 Å². The lowest BCUT2D eigenvalue weighted by Crippen LogP contribution is -2.14. The van der Waals surface area contributed by atoms with E-state index >= 15 is 0 Å². The summed E-state index contributed by atoms with van der Waals surface area (Å²) < 4.78 is 1.84. The molecular weight excluding hydrogens is 222 g/mol. The molecule has 94 valence electrons. The Morgan fingerprint density at radius 1 is 1.22 bits per heavy atom. The number of nitrogens with one attached hydrogen (secondary N) is 1. The molecule has 0 bridgehead atoms. The van der Waals surface area contributed by atoms with E-state index < -0.39 is 0 Å². The van der Waals surface area contributed by atoms with Crippen LogP contribution in [0.5, 0.6) is 0 Å². The van der Waals surface area contributed by atoms with Crippen molar-refractivity contribution >= 4 is 0 Å². The average molecular weight is 241 g/mol. The van der Waals surface area contributed by atoms with Crippen LogP contribution in [0.4, 0.5) is 0 Å². The predicted molar refractivity (Wildman–Crippen MR) is 72.2 cm³/mol. The first-order valence-electron chi connectivity index (χ1n) is 6.60. The van der Waals surface area contributed by atoms with Gasteiger partial charge in [-0.05, 0) is 36.0 Å². The topological polar surface area (TPSA) is 29.9 Å². The third-order valence-electron chi connectivity index (χ3n) is 3.46. The Hall–Kier alpha value is -1.61. The Morgan fingerprint density at radius 2 is 2.06 bits per heavy atom. The van der Waals surface area contributed by atoms with E-state index in [1.807, 2.05) is 17.9 Å². The van der Waals surface area contributed by atoms with Crippen LogP contribution >= 0.6 is 0 Å². The van der Waals surface area contributed by atoms with E-state index in [0.717, 1.165) is 24.7 Å². The molecule has 0 spiro atoms. The number of rotatable bonds is 5. The van der Waals surface area contributed by atoms with E-state index in [1.165, 1.54) is 24.0 Å². The van der Waals surface area contributed by atoms with Crippen LogP contribution in [-0.2, 0) is 20.1 Å². The Labute approximate surface area is 108 Å². The molecular formula is C15H19N3. The highest BCUT2D eigenvalue weighted by Crippen LogP contribution is 2.41. The van der Waals surface area contributed by atoms with Crippen molar-refractivity contribution < 1.29 is 0 Å². The molecule has 1 aromatic carbocycles. The molecule has 1 aliphatic rings. The van der Waals surface area contributed by atoms with Gasteiger partial charge < -0.3 is 5.32 Å². The van der Waals surface area contributed by atoms with Crippen molar-refractivity contribution in [3.8, 4) is 0 Å². The van der Waals surface area contributed by atoms with Gasteiger partial charge >= 0.3 is 0 Å². The van der Waals surface area contributed by atoms with Gasteiger partial charge in [-0.1, -0.05) is 24.3 Å². The smallest absolute Gasteiger partial charge is 0.0762 e.